The molecule has 0 aliphatic carbocycles. The number of nitrogens with zero attached hydrogens (tertiary/aromatic N) is 2. The van der Waals surface area contributed by atoms with Crippen LogP contribution in [0.25, 0.3) is 11.3 Å². The Kier molecular flexibility index (Phi) is 7.29. The SMILES string of the molecule is COc1cc(NC(=O)NC[C@@H](C)O)cc(Nc2nccc(-c3ccc(OC)c(N)c3)n2)c1. The number of methoxy groups -OCH3 is 2. The summed E-state index contributed by atoms with van der Waals surface area (Å²) in [5.74, 6) is 1.48. The minimum absolute atomic E-state index is 0.136. The standard InChI is InChI=1S/C22H26N6O4/c1-13(29)12-25-22(30)27-16-9-15(10-17(11-16)31-2)26-21-24-7-6-19(28-21)14-4-5-20(32-3)18(23)8-14/h4-11,13,29H,12,23H2,1-3H3,(H,24,26,28)(H2,25,27,30)/t13-/m1/s1. The normalized spacial score (nSPS) is 11.4. The van der Waals surface area contributed by atoms with Gasteiger partial charge < -0.3 is 36.3 Å². The number of hydrogen-bond acceptors (Lipinski definition) is 8. The molecular weight excluding hydrogens is 412 g/mol. The number of aliphatic hydroxyl groups is 1. The van der Waals surface area contributed by atoms with Crippen molar-refractivity contribution in [2.24, 2.45) is 0 Å². The molecule has 2 amide bonds. The van der Waals surface area contributed by atoms with Crippen LogP contribution in [0.15, 0.2) is 48.7 Å². The molecule has 0 aliphatic rings. The first-order valence-electron chi connectivity index (χ1n) is 9.84. The summed E-state index contributed by atoms with van der Waals surface area (Å²) in [4.78, 5) is 20.8. The molecule has 1 atom stereocenters. The highest BCUT2D eigenvalue weighted by atomic mass is 16.5. The lowest BCUT2D eigenvalue weighted by atomic mass is 10.1. The van der Waals surface area contributed by atoms with E-state index in [2.05, 4.69) is 25.9 Å². The van der Waals surface area contributed by atoms with Gasteiger partial charge in [-0.25, -0.2) is 14.8 Å². The van der Waals surface area contributed by atoms with Crippen molar-refractivity contribution < 1.29 is 19.4 Å². The number of benzene rings is 2. The molecule has 3 rings (SSSR count). The van der Waals surface area contributed by atoms with Crippen molar-refractivity contribution in [1.29, 1.82) is 0 Å². The lowest BCUT2D eigenvalue weighted by Gasteiger charge is -2.13. The van der Waals surface area contributed by atoms with Crippen molar-refractivity contribution in [3.8, 4) is 22.8 Å². The van der Waals surface area contributed by atoms with E-state index in [0.29, 0.717) is 40.2 Å². The highest BCUT2D eigenvalue weighted by Crippen LogP contribution is 2.29. The van der Waals surface area contributed by atoms with Gasteiger partial charge in [-0.2, -0.15) is 0 Å². The molecule has 1 aromatic heterocycles. The highest BCUT2D eigenvalue weighted by molar-refractivity contribution is 5.90. The summed E-state index contributed by atoms with van der Waals surface area (Å²) in [5.41, 5.74) is 9.12. The number of hydrogen-bond donors (Lipinski definition) is 5. The third kappa shape index (κ3) is 5.99. The van der Waals surface area contributed by atoms with E-state index in [1.54, 1.807) is 56.6 Å². The molecule has 0 spiro atoms. The zero-order valence-corrected chi connectivity index (χ0v) is 18.0. The predicted octanol–water partition coefficient (Wildman–Crippen LogP) is 2.99. The van der Waals surface area contributed by atoms with Crippen molar-refractivity contribution >= 4 is 29.0 Å². The minimum atomic E-state index is -0.645. The van der Waals surface area contributed by atoms with Crippen LogP contribution in [0.2, 0.25) is 0 Å². The number of nitrogen functional groups attached to an aromatic ring is 1. The van der Waals surface area contributed by atoms with Crippen molar-refractivity contribution in [3.05, 3.63) is 48.7 Å². The summed E-state index contributed by atoms with van der Waals surface area (Å²) in [6.45, 7) is 1.72. The molecule has 10 heteroatoms. The van der Waals surface area contributed by atoms with Gasteiger partial charge in [0.15, 0.2) is 0 Å². The number of aliphatic hydroxyl groups excluding tert-OH is 1. The number of rotatable bonds is 8. The molecule has 0 radical (unpaired) electrons. The predicted molar refractivity (Wildman–Crippen MR) is 123 cm³/mol. The average molecular weight is 438 g/mol. The topological polar surface area (TPSA) is 144 Å². The van der Waals surface area contributed by atoms with Crippen LogP contribution in [0.3, 0.4) is 0 Å². The van der Waals surface area contributed by atoms with E-state index in [9.17, 15) is 9.90 Å². The summed E-state index contributed by atoms with van der Waals surface area (Å²) in [5, 5.41) is 17.7. The third-order valence-corrected chi connectivity index (χ3v) is 4.40. The monoisotopic (exact) mass is 438 g/mol. The number of anilines is 4. The molecule has 0 aliphatic heterocycles. The molecule has 10 nitrogen and oxygen atoms in total. The number of carbonyl (C=O) groups is 1. The fourth-order valence-corrected chi connectivity index (χ4v) is 2.88. The second-order valence-electron chi connectivity index (χ2n) is 6.98. The summed E-state index contributed by atoms with van der Waals surface area (Å²) in [6, 6.07) is 11.9. The van der Waals surface area contributed by atoms with E-state index in [1.165, 1.54) is 7.11 Å². The molecule has 1 heterocycles. The van der Waals surface area contributed by atoms with Crippen molar-refractivity contribution in [2.75, 3.05) is 37.1 Å². The summed E-state index contributed by atoms with van der Waals surface area (Å²) in [7, 11) is 3.09. The quantitative estimate of drug-likeness (QED) is 0.338. The van der Waals surface area contributed by atoms with Gasteiger partial charge in [0.1, 0.15) is 11.5 Å². The number of nitrogens with two attached hydrogens (primary N) is 1. The number of nitrogens with one attached hydrogen (secondary N) is 3. The van der Waals surface area contributed by atoms with Gasteiger partial charge >= 0.3 is 6.03 Å². The maximum atomic E-state index is 12.0. The fourth-order valence-electron chi connectivity index (χ4n) is 2.88. The van der Waals surface area contributed by atoms with Crippen molar-refractivity contribution in [2.45, 2.75) is 13.0 Å². The van der Waals surface area contributed by atoms with Gasteiger partial charge in [-0.3, -0.25) is 0 Å². The fraction of sp³-hybridized carbons (Fsp3) is 0.227. The Morgan fingerprint density at radius 3 is 2.59 bits per heavy atom. The molecular formula is C22H26N6O4. The zero-order chi connectivity index (χ0) is 23.1. The third-order valence-electron chi connectivity index (χ3n) is 4.40. The summed E-state index contributed by atoms with van der Waals surface area (Å²) in [6.07, 6.45) is 0.988. The van der Waals surface area contributed by atoms with Gasteiger partial charge in [0, 0.05) is 41.8 Å². The minimum Gasteiger partial charge on any atom is -0.497 e. The summed E-state index contributed by atoms with van der Waals surface area (Å²) < 4.78 is 10.5. The molecule has 6 N–H and O–H groups in total. The number of amides is 2. The molecule has 0 saturated heterocycles. The van der Waals surface area contributed by atoms with Gasteiger partial charge in [0.25, 0.3) is 0 Å². The van der Waals surface area contributed by atoms with Gasteiger partial charge in [-0.1, -0.05) is 0 Å². The molecule has 3 aromatic rings. The van der Waals surface area contributed by atoms with Gasteiger partial charge in [-0.15, -0.1) is 0 Å². The molecule has 0 saturated carbocycles. The Hall–Kier alpha value is -4.05. The van der Waals surface area contributed by atoms with Crippen LogP contribution in [0, 0.1) is 0 Å². The Labute approximate surface area is 185 Å². The molecule has 0 fully saturated rings. The zero-order valence-electron chi connectivity index (χ0n) is 18.0. The molecule has 168 valence electrons. The maximum absolute atomic E-state index is 12.0. The molecule has 0 bridgehead atoms. The molecule has 2 aromatic carbocycles. The van der Waals surface area contributed by atoms with E-state index in [0.717, 1.165) is 5.56 Å². The second-order valence-corrected chi connectivity index (χ2v) is 6.98. The first-order chi connectivity index (χ1) is 15.4. The molecule has 32 heavy (non-hydrogen) atoms. The Morgan fingerprint density at radius 1 is 1.12 bits per heavy atom. The Bertz CT molecular complexity index is 1090. The van der Waals surface area contributed by atoms with E-state index in [4.69, 9.17) is 15.2 Å². The number of ether oxygens (including phenoxy) is 2. The van der Waals surface area contributed by atoms with Crippen LogP contribution in [-0.4, -0.2) is 48.0 Å². The Morgan fingerprint density at radius 2 is 1.91 bits per heavy atom. The van der Waals surface area contributed by atoms with E-state index < -0.39 is 12.1 Å². The summed E-state index contributed by atoms with van der Waals surface area (Å²) >= 11 is 0. The van der Waals surface area contributed by atoms with E-state index in [-0.39, 0.29) is 6.54 Å². The van der Waals surface area contributed by atoms with Crippen LogP contribution in [-0.2, 0) is 0 Å². The van der Waals surface area contributed by atoms with E-state index >= 15 is 0 Å². The largest absolute Gasteiger partial charge is 0.497 e. The van der Waals surface area contributed by atoms with Gasteiger partial charge in [0.05, 0.1) is 31.7 Å². The number of urea groups is 1. The van der Waals surface area contributed by atoms with Crippen molar-refractivity contribution in [3.63, 3.8) is 0 Å². The van der Waals surface area contributed by atoms with Gasteiger partial charge in [0.2, 0.25) is 5.95 Å². The lowest BCUT2D eigenvalue weighted by Crippen LogP contribution is -2.34. The first kappa shape index (κ1) is 22.6. The smallest absolute Gasteiger partial charge is 0.319 e. The maximum Gasteiger partial charge on any atom is 0.319 e. The van der Waals surface area contributed by atoms with Gasteiger partial charge in [-0.05, 0) is 37.3 Å². The molecule has 0 unspecified atom stereocenters. The first-order valence-corrected chi connectivity index (χ1v) is 9.84. The van der Waals surface area contributed by atoms with Crippen LogP contribution < -0.4 is 31.2 Å². The van der Waals surface area contributed by atoms with Crippen LogP contribution >= 0.6 is 0 Å². The number of carbonyl (C=O) groups excluding carboxylic acids is 1. The second kappa shape index (κ2) is 10.3. The van der Waals surface area contributed by atoms with Crippen molar-refractivity contribution in [1.82, 2.24) is 15.3 Å². The van der Waals surface area contributed by atoms with E-state index in [1.807, 2.05) is 6.07 Å². The van der Waals surface area contributed by atoms with Crippen LogP contribution in [0.5, 0.6) is 11.5 Å². The average Bonchev–Trinajstić information content (AvgIpc) is 2.77. The Balaban J connectivity index is 1.80. The van der Waals surface area contributed by atoms with Crippen LogP contribution in [0.4, 0.5) is 27.8 Å². The van der Waals surface area contributed by atoms with Crippen LogP contribution in [0.1, 0.15) is 6.92 Å². The highest BCUT2D eigenvalue weighted by Gasteiger charge is 2.09. The number of aromatic nitrogens is 2. The lowest BCUT2D eigenvalue weighted by molar-refractivity contribution is 0.190.